The van der Waals surface area contributed by atoms with Crippen molar-refractivity contribution >= 4 is 16.8 Å². The molecule has 0 atom stereocenters. The summed E-state index contributed by atoms with van der Waals surface area (Å²) in [7, 11) is 0. The van der Waals surface area contributed by atoms with Crippen LogP contribution in [0.4, 0.5) is 8.78 Å². The Labute approximate surface area is 142 Å². The molecule has 6 nitrogen and oxygen atoms in total. The zero-order valence-corrected chi connectivity index (χ0v) is 12.9. The summed E-state index contributed by atoms with van der Waals surface area (Å²) in [5, 5.41) is 2.67. The van der Waals surface area contributed by atoms with E-state index >= 15 is 0 Å². The predicted octanol–water partition coefficient (Wildman–Crippen LogP) is 1.78. The summed E-state index contributed by atoms with van der Waals surface area (Å²) in [5.41, 5.74) is -0.841. The van der Waals surface area contributed by atoms with Crippen molar-refractivity contribution in [1.29, 1.82) is 0 Å². The minimum atomic E-state index is -0.791. The van der Waals surface area contributed by atoms with Gasteiger partial charge in [-0.2, -0.15) is 0 Å². The first-order valence-electron chi connectivity index (χ1n) is 7.38. The molecule has 25 heavy (non-hydrogen) atoms. The number of nitrogens with one attached hydrogen (secondary N) is 2. The molecule has 1 heterocycles. The number of carbonyl (C=O) groups excluding carboxylic acids is 1. The molecule has 0 aliphatic heterocycles. The number of fused-ring (bicyclic) bond motifs is 1. The molecular formula is C17H17F2N3O3. The first kappa shape index (κ1) is 16.6. The van der Waals surface area contributed by atoms with Gasteiger partial charge in [0.25, 0.3) is 5.56 Å². The van der Waals surface area contributed by atoms with Gasteiger partial charge >= 0.3 is 5.69 Å². The molecule has 0 radical (unpaired) electrons. The van der Waals surface area contributed by atoms with Gasteiger partial charge in [-0.25, -0.2) is 13.6 Å². The number of amides is 1. The van der Waals surface area contributed by atoms with E-state index in [0.717, 1.165) is 10.6 Å². The molecule has 8 heteroatoms. The van der Waals surface area contributed by atoms with E-state index in [4.69, 9.17) is 0 Å². The smallest absolute Gasteiger partial charge is 0.329 e. The first-order chi connectivity index (χ1) is 12.0. The number of carbonyl (C=O) groups is 1. The summed E-state index contributed by atoms with van der Waals surface area (Å²) in [6.07, 6.45) is 0. The van der Waals surface area contributed by atoms with Gasteiger partial charge in [0.15, 0.2) is 0 Å². The Morgan fingerprint density at radius 1 is 1.16 bits per heavy atom. The van der Waals surface area contributed by atoms with E-state index in [1.54, 1.807) is 18.2 Å². The minimum Gasteiger partial charge on any atom is -0.350 e. The molecule has 0 spiro atoms. The predicted molar refractivity (Wildman–Crippen MR) is 91.3 cm³/mol. The Morgan fingerprint density at radius 3 is 2.68 bits per heavy atom. The highest BCUT2D eigenvalue weighted by Gasteiger charge is 2.12. The number of aromatic amines is 1. The van der Waals surface area contributed by atoms with Gasteiger partial charge < -0.3 is 10.3 Å². The molecule has 0 unspecified atom stereocenters. The number of aromatic nitrogens is 2. The van der Waals surface area contributed by atoms with Gasteiger partial charge in [-0.15, -0.1) is 0 Å². The molecule has 1 aromatic heterocycles. The lowest BCUT2D eigenvalue weighted by Gasteiger charge is -2.08. The monoisotopic (exact) mass is 349 g/mol. The van der Waals surface area contributed by atoms with Gasteiger partial charge in [0, 0.05) is 21.0 Å². The molecule has 2 aromatic carbocycles. The number of rotatable bonds is 4. The van der Waals surface area contributed by atoms with Crippen LogP contribution in [0.5, 0.6) is 0 Å². The van der Waals surface area contributed by atoms with Crippen molar-refractivity contribution < 1.29 is 16.4 Å². The molecule has 1 amide bonds. The van der Waals surface area contributed by atoms with Gasteiger partial charge in [0.05, 0.1) is 10.9 Å². The van der Waals surface area contributed by atoms with Gasteiger partial charge in [0.2, 0.25) is 5.91 Å². The van der Waals surface area contributed by atoms with Crippen LogP contribution in [0.15, 0.2) is 52.1 Å². The second kappa shape index (κ2) is 6.68. The largest absolute Gasteiger partial charge is 0.350 e. The molecule has 132 valence electrons. The van der Waals surface area contributed by atoms with Gasteiger partial charge in [-0.05, 0) is 18.2 Å². The van der Waals surface area contributed by atoms with E-state index in [2.05, 4.69) is 10.3 Å². The molecule has 0 aliphatic rings. The Morgan fingerprint density at radius 2 is 1.92 bits per heavy atom. The summed E-state index contributed by atoms with van der Waals surface area (Å²) in [6, 6.07) is 9.43. The second-order valence-corrected chi connectivity index (χ2v) is 5.38. The third-order valence-electron chi connectivity index (χ3n) is 3.68. The molecule has 2 N–H and O–H groups in total. The van der Waals surface area contributed by atoms with Crippen molar-refractivity contribution in [1.82, 2.24) is 14.9 Å². The van der Waals surface area contributed by atoms with Crippen LogP contribution in [0.25, 0.3) is 10.9 Å². The number of hydrogen-bond donors (Lipinski definition) is 2. The molecule has 0 saturated heterocycles. The Kier molecular flexibility index (Phi) is 4.42. The van der Waals surface area contributed by atoms with Crippen LogP contribution in [-0.2, 0) is 17.9 Å². The third kappa shape index (κ3) is 3.47. The summed E-state index contributed by atoms with van der Waals surface area (Å²) >= 11 is 0. The van der Waals surface area contributed by atoms with E-state index in [0.29, 0.717) is 11.6 Å². The topological polar surface area (TPSA) is 84.0 Å². The van der Waals surface area contributed by atoms with Gasteiger partial charge in [-0.1, -0.05) is 18.2 Å². The second-order valence-electron chi connectivity index (χ2n) is 5.38. The van der Waals surface area contributed by atoms with Crippen molar-refractivity contribution in [2.75, 3.05) is 0 Å². The van der Waals surface area contributed by atoms with E-state index in [-0.39, 0.29) is 20.3 Å². The minimum absolute atomic E-state index is 0. The molecule has 0 saturated carbocycles. The molecule has 0 fully saturated rings. The molecular weight excluding hydrogens is 332 g/mol. The lowest BCUT2D eigenvalue weighted by Crippen LogP contribution is -2.40. The van der Waals surface area contributed by atoms with E-state index < -0.39 is 35.3 Å². The molecule has 3 rings (SSSR count). The van der Waals surface area contributed by atoms with Crippen LogP contribution in [0.1, 0.15) is 8.42 Å². The van der Waals surface area contributed by atoms with Crippen LogP contribution in [0.2, 0.25) is 0 Å². The summed E-state index contributed by atoms with van der Waals surface area (Å²) in [6.45, 7) is -0.701. The first-order valence-corrected chi connectivity index (χ1v) is 7.38. The fraction of sp³-hybridized carbons (Fsp3) is 0.118. The van der Waals surface area contributed by atoms with Crippen molar-refractivity contribution in [3.8, 4) is 0 Å². The SMILES string of the molecule is O=C(Cn1c(=O)[nH]c2ccccc2c1=O)NCc1ccc(F)cc1F.[HH].[HH]. The van der Waals surface area contributed by atoms with Crippen molar-refractivity contribution in [3.05, 3.63) is 80.5 Å². The number of hydrogen-bond acceptors (Lipinski definition) is 3. The maximum Gasteiger partial charge on any atom is 0.329 e. The molecule has 0 aliphatic carbocycles. The molecule has 0 bridgehead atoms. The normalized spacial score (nSPS) is 10.8. The summed E-state index contributed by atoms with van der Waals surface area (Å²) in [4.78, 5) is 38.8. The van der Waals surface area contributed by atoms with Crippen LogP contribution in [0, 0.1) is 11.6 Å². The highest BCUT2D eigenvalue weighted by molar-refractivity contribution is 5.78. The highest BCUT2D eigenvalue weighted by Crippen LogP contribution is 2.09. The zero-order chi connectivity index (χ0) is 18.0. The van der Waals surface area contributed by atoms with Crippen LogP contribution < -0.4 is 16.6 Å². The highest BCUT2D eigenvalue weighted by atomic mass is 19.1. The maximum atomic E-state index is 13.5. The average Bonchev–Trinajstić information content (AvgIpc) is 2.58. The number of nitrogens with zero attached hydrogens (tertiary/aromatic N) is 1. The Balaban J connectivity index is 0.00000182. The number of halogens is 2. The van der Waals surface area contributed by atoms with Crippen molar-refractivity contribution in [2.24, 2.45) is 0 Å². The van der Waals surface area contributed by atoms with E-state index in [9.17, 15) is 23.2 Å². The van der Waals surface area contributed by atoms with Gasteiger partial charge in [-0.3, -0.25) is 14.2 Å². The third-order valence-corrected chi connectivity index (χ3v) is 3.68. The lowest BCUT2D eigenvalue weighted by molar-refractivity contribution is -0.121. The van der Waals surface area contributed by atoms with Gasteiger partial charge in [0.1, 0.15) is 18.2 Å². The van der Waals surface area contributed by atoms with Crippen LogP contribution >= 0.6 is 0 Å². The Hall–Kier alpha value is -3.29. The quantitative estimate of drug-likeness (QED) is 0.753. The van der Waals surface area contributed by atoms with Crippen molar-refractivity contribution in [2.45, 2.75) is 13.1 Å². The lowest BCUT2D eigenvalue weighted by atomic mass is 10.2. The average molecular weight is 349 g/mol. The molecule has 3 aromatic rings. The van der Waals surface area contributed by atoms with Crippen LogP contribution in [-0.4, -0.2) is 15.5 Å². The Bertz CT molecular complexity index is 1080. The maximum absolute atomic E-state index is 13.5. The fourth-order valence-corrected chi connectivity index (χ4v) is 2.40. The van der Waals surface area contributed by atoms with E-state index in [1.807, 2.05) is 0 Å². The number of para-hydroxylation sites is 1. The zero-order valence-electron chi connectivity index (χ0n) is 12.9. The number of H-pyrrole nitrogens is 1. The number of benzene rings is 2. The van der Waals surface area contributed by atoms with E-state index in [1.165, 1.54) is 12.1 Å². The standard InChI is InChI=1S/C17H13F2N3O3.2H2/c18-11-6-5-10(13(19)7-11)8-20-15(23)9-22-16(24)12-3-1-2-4-14(12)21-17(22)25;;/h1-7H,8-9H2,(H,20,23)(H,21,25);2*1H. The fourth-order valence-electron chi connectivity index (χ4n) is 2.40. The van der Waals surface area contributed by atoms with Crippen molar-refractivity contribution in [3.63, 3.8) is 0 Å². The summed E-state index contributed by atoms with van der Waals surface area (Å²) < 4.78 is 27.1. The summed E-state index contributed by atoms with van der Waals surface area (Å²) in [5.74, 6) is -2.16. The van der Waals surface area contributed by atoms with Crippen LogP contribution in [0.3, 0.4) is 0 Å².